The zero-order valence-electron chi connectivity index (χ0n) is 9.06. The van der Waals surface area contributed by atoms with Crippen LogP contribution in [0.1, 0.15) is 24.8 Å². The van der Waals surface area contributed by atoms with E-state index in [4.69, 9.17) is 4.74 Å². The molecule has 2 rings (SSSR count). The third-order valence-electron chi connectivity index (χ3n) is 3.15. The number of aromatic hydroxyl groups is 1. The van der Waals surface area contributed by atoms with Gasteiger partial charge in [-0.05, 0) is 31.4 Å². The lowest BCUT2D eigenvalue weighted by Gasteiger charge is -2.37. The van der Waals surface area contributed by atoms with Gasteiger partial charge in [-0.1, -0.05) is 0 Å². The third kappa shape index (κ3) is 1.57. The Morgan fingerprint density at radius 1 is 1.50 bits per heavy atom. The molecule has 1 aliphatic rings. The molecule has 0 saturated heterocycles. The Bertz CT molecular complexity index is 446. The van der Waals surface area contributed by atoms with Crippen LogP contribution in [0.5, 0.6) is 11.5 Å². The molecule has 4 heteroatoms. The highest BCUT2D eigenvalue weighted by molar-refractivity contribution is 5.47. The molecule has 1 fully saturated rings. The maximum absolute atomic E-state index is 10.4. The lowest BCUT2D eigenvalue weighted by Crippen LogP contribution is -2.31. The van der Waals surface area contributed by atoms with Crippen LogP contribution in [0, 0.1) is 0 Å². The number of isocyanates is 1. The van der Waals surface area contributed by atoms with E-state index in [0.29, 0.717) is 11.3 Å². The number of benzene rings is 1. The zero-order valence-corrected chi connectivity index (χ0v) is 9.06. The SMILES string of the molecule is COc1ccc(C2(N=C=O)CCC2)c(O)c1. The van der Waals surface area contributed by atoms with Crippen LogP contribution in [0.15, 0.2) is 23.2 Å². The van der Waals surface area contributed by atoms with E-state index in [1.807, 2.05) is 0 Å². The van der Waals surface area contributed by atoms with Gasteiger partial charge in [0.15, 0.2) is 0 Å². The van der Waals surface area contributed by atoms with Gasteiger partial charge in [0.1, 0.15) is 17.0 Å². The highest BCUT2D eigenvalue weighted by Crippen LogP contribution is 2.48. The molecule has 0 aliphatic heterocycles. The summed E-state index contributed by atoms with van der Waals surface area (Å²) in [6.07, 6.45) is 4.17. The predicted molar refractivity (Wildman–Crippen MR) is 58.3 cm³/mol. The zero-order chi connectivity index (χ0) is 11.6. The van der Waals surface area contributed by atoms with E-state index in [0.717, 1.165) is 19.3 Å². The highest BCUT2D eigenvalue weighted by Gasteiger charge is 2.40. The van der Waals surface area contributed by atoms with Gasteiger partial charge < -0.3 is 9.84 Å². The van der Waals surface area contributed by atoms with Gasteiger partial charge in [-0.3, -0.25) is 0 Å². The van der Waals surface area contributed by atoms with Gasteiger partial charge in [-0.25, -0.2) is 4.79 Å². The number of hydrogen-bond acceptors (Lipinski definition) is 4. The van der Waals surface area contributed by atoms with Crippen molar-refractivity contribution in [1.82, 2.24) is 0 Å². The van der Waals surface area contributed by atoms with Gasteiger partial charge >= 0.3 is 0 Å². The van der Waals surface area contributed by atoms with Crippen LogP contribution in [0.25, 0.3) is 0 Å². The standard InChI is InChI=1S/C12H13NO3/c1-16-9-3-4-10(11(15)7-9)12(13-8-14)5-2-6-12/h3-4,7,15H,2,5-6H2,1H3. The molecular formula is C12H13NO3. The molecule has 0 unspecified atom stereocenters. The molecule has 0 atom stereocenters. The Morgan fingerprint density at radius 2 is 2.25 bits per heavy atom. The molecule has 1 N–H and O–H groups in total. The average Bonchev–Trinajstić information content (AvgIpc) is 2.24. The number of nitrogens with zero attached hydrogens (tertiary/aromatic N) is 1. The summed E-state index contributed by atoms with van der Waals surface area (Å²) >= 11 is 0. The van der Waals surface area contributed by atoms with Gasteiger partial charge in [-0.2, -0.15) is 4.99 Å². The first-order valence-corrected chi connectivity index (χ1v) is 5.18. The average molecular weight is 219 g/mol. The van der Waals surface area contributed by atoms with Crippen LogP contribution in [-0.2, 0) is 10.3 Å². The number of rotatable bonds is 3. The number of hydrogen-bond donors (Lipinski definition) is 1. The van der Waals surface area contributed by atoms with E-state index in [1.165, 1.54) is 13.2 Å². The molecule has 84 valence electrons. The smallest absolute Gasteiger partial charge is 0.235 e. The van der Waals surface area contributed by atoms with Gasteiger partial charge in [-0.15, -0.1) is 0 Å². The van der Waals surface area contributed by atoms with Crippen molar-refractivity contribution in [3.63, 3.8) is 0 Å². The third-order valence-corrected chi connectivity index (χ3v) is 3.15. The molecule has 1 aromatic carbocycles. The van der Waals surface area contributed by atoms with Crippen LogP contribution >= 0.6 is 0 Å². The Labute approximate surface area is 93.6 Å². The van der Waals surface area contributed by atoms with E-state index in [1.54, 1.807) is 18.2 Å². The maximum Gasteiger partial charge on any atom is 0.235 e. The van der Waals surface area contributed by atoms with E-state index >= 15 is 0 Å². The fraction of sp³-hybridized carbons (Fsp3) is 0.417. The van der Waals surface area contributed by atoms with Gasteiger partial charge in [0.25, 0.3) is 0 Å². The van der Waals surface area contributed by atoms with Crippen molar-refractivity contribution in [3.8, 4) is 11.5 Å². The molecule has 0 amide bonds. The lowest BCUT2D eigenvalue weighted by molar-refractivity contribution is 0.247. The summed E-state index contributed by atoms with van der Waals surface area (Å²) in [5.41, 5.74) is 0.126. The van der Waals surface area contributed by atoms with Crippen LogP contribution in [0.4, 0.5) is 0 Å². The van der Waals surface area contributed by atoms with Crippen LogP contribution in [0.2, 0.25) is 0 Å². The largest absolute Gasteiger partial charge is 0.507 e. The first-order chi connectivity index (χ1) is 7.72. The van der Waals surface area contributed by atoms with Crippen LogP contribution in [-0.4, -0.2) is 18.3 Å². The molecular weight excluding hydrogens is 206 g/mol. The van der Waals surface area contributed by atoms with Crippen LogP contribution in [0.3, 0.4) is 0 Å². The molecule has 0 bridgehead atoms. The number of carbonyl (C=O) groups excluding carboxylic acids is 1. The Hall–Kier alpha value is -1.80. The van der Waals surface area contributed by atoms with Crippen LogP contribution < -0.4 is 4.74 Å². The van der Waals surface area contributed by atoms with Gasteiger partial charge in [0, 0.05) is 11.6 Å². The quantitative estimate of drug-likeness (QED) is 0.625. The molecule has 0 heterocycles. The molecule has 0 spiro atoms. The minimum atomic E-state index is -0.557. The predicted octanol–water partition coefficient (Wildman–Crippen LogP) is 2.12. The molecule has 0 radical (unpaired) electrons. The lowest BCUT2D eigenvalue weighted by atomic mass is 9.72. The molecule has 1 aromatic rings. The molecule has 16 heavy (non-hydrogen) atoms. The van der Waals surface area contributed by atoms with Gasteiger partial charge in [0.2, 0.25) is 6.08 Å². The highest BCUT2D eigenvalue weighted by atomic mass is 16.5. The second kappa shape index (κ2) is 3.99. The Balaban J connectivity index is 2.43. The topological polar surface area (TPSA) is 58.9 Å². The summed E-state index contributed by atoms with van der Waals surface area (Å²) in [6, 6.07) is 5.05. The van der Waals surface area contributed by atoms with Crippen molar-refractivity contribution in [3.05, 3.63) is 23.8 Å². The minimum absolute atomic E-state index is 0.123. The van der Waals surface area contributed by atoms with Crippen molar-refractivity contribution in [2.24, 2.45) is 4.99 Å². The summed E-state index contributed by atoms with van der Waals surface area (Å²) in [5.74, 6) is 0.712. The Morgan fingerprint density at radius 3 is 2.69 bits per heavy atom. The summed E-state index contributed by atoms with van der Waals surface area (Å²) in [6.45, 7) is 0. The number of ether oxygens (including phenoxy) is 1. The van der Waals surface area contributed by atoms with E-state index < -0.39 is 5.54 Å². The number of phenols is 1. The monoisotopic (exact) mass is 219 g/mol. The van der Waals surface area contributed by atoms with Crippen molar-refractivity contribution in [1.29, 1.82) is 0 Å². The number of phenolic OH excluding ortho intramolecular Hbond substituents is 1. The normalized spacial score (nSPS) is 17.1. The minimum Gasteiger partial charge on any atom is -0.507 e. The summed E-state index contributed by atoms with van der Waals surface area (Å²) < 4.78 is 5.01. The van der Waals surface area contributed by atoms with Crippen molar-refractivity contribution < 1.29 is 14.6 Å². The van der Waals surface area contributed by atoms with Crippen molar-refractivity contribution in [2.75, 3.05) is 7.11 Å². The molecule has 0 aromatic heterocycles. The maximum atomic E-state index is 10.4. The van der Waals surface area contributed by atoms with Gasteiger partial charge in [0.05, 0.1) is 7.11 Å². The molecule has 1 aliphatic carbocycles. The second-order valence-corrected chi connectivity index (χ2v) is 3.97. The fourth-order valence-corrected chi connectivity index (χ4v) is 2.07. The summed E-state index contributed by atoms with van der Waals surface area (Å²) in [7, 11) is 1.54. The summed E-state index contributed by atoms with van der Waals surface area (Å²) in [4.78, 5) is 14.3. The van der Waals surface area contributed by atoms with E-state index in [-0.39, 0.29) is 5.75 Å². The number of methoxy groups -OCH3 is 1. The molecule has 4 nitrogen and oxygen atoms in total. The van der Waals surface area contributed by atoms with Crippen molar-refractivity contribution >= 4 is 6.08 Å². The second-order valence-electron chi connectivity index (χ2n) is 3.97. The van der Waals surface area contributed by atoms with E-state index in [9.17, 15) is 9.90 Å². The Kier molecular flexibility index (Phi) is 2.67. The summed E-state index contributed by atoms with van der Waals surface area (Å²) in [5, 5.41) is 9.88. The molecule has 1 saturated carbocycles. The first kappa shape index (κ1) is 10.7. The fourth-order valence-electron chi connectivity index (χ4n) is 2.07. The number of aliphatic imine (C=N–C) groups is 1. The first-order valence-electron chi connectivity index (χ1n) is 5.18. The van der Waals surface area contributed by atoms with E-state index in [2.05, 4.69) is 4.99 Å². The van der Waals surface area contributed by atoms with Crippen molar-refractivity contribution in [2.45, 2.75) is 24.8 Å².